The number of hydrogen-bond acceptors (Lipinski definition) is 1. The van der Waals surface area contributed by atoms with E-state index < -0.39 is 0 Å². The molecule has 0 fully saturated rings. The maximum Gasteiger partial charge on any atom is 0.0574 e. The molecular formula is C9H19IO. The molecule has 1 N–H and O–H groups in total. The average Bonchev–Trinajstić information content (AvgIpc) is 1.87. The highest BCUT2D eigenvalue weighted by Gasteiger charge is 2.21. The first kappa shape index (κ1) is 11.7. The number of alkyl halides is 1. The monoisotopic (exact) mass is 270 g/mol. The first-order valence-electron chi connectivity index (χ1n) is 4.31. The van der Waals surface area contributed by atoms with Crippen molar-refractivity contribution in [1.29, 1.82) is 0 Å². The molecule has 2 heteroatoms. The van der Waals surface area contributed by atoms with Gasteiger partial charge in [-0.05, 0) is 19.3 Å². The molecule has 0 spiro atoms. The SMILES string of the molecule is CCCC(C)CC(C)(I)CO. The van der Waals surface area contributed by atoms with Crippen LogP contribution in [-0.4, -0.2) is 15.1 Å². The van der Waals surface area contributed by atoms with E-state index in [2.05, 4.69) is 43.4 Å². The van der Waals surface area contributed by atoms with E-state index in [4.69, 9.17) is 5.11 Å². The number of hydrogen-bond donors (Lipinski definition) is 1. The predicted molar refractivity (Wildman–Crippen MR) is 58.2 cm³/mol. The summed E-state index contributed by atoms with van der Waals surface area (Å²) in [5.74, 6) is 0.744. The second-order valence-corrected chi connectivity index (χ2v) is 6.27. The molecular weight excluding hydrogens is 251 g/mol. The highest BCUT2D eigenvalue weighted by molar-refractivity contribution is 14.1. The van der Waals surface area contributed by atoms with Gasteiger partial charge in [0.1, 0.15) is 0 Å². The lowest BCUT2D eigenvalue weighted by Gasteiger charge is -2.23. The van der Waals surface area contributed by atoms with E-state index in [1.807, 2.05) is 0 Å². The first-order chi connectivity index (χ1) is 5.02. The molecule has 0 aromatic carbocycles. The fourth-order valence-corrected chi connectivity index (χ4v) is 2.14. The van der Waals surface area contributed by atoms with Crippen LogP contribution in [0.2, 0.25) is 0 Å². The van der Waals surface area contributed by atoms with Gasteiger partial charge < -0.3 is 5.11 Å². The van der Waals surface area contributed by atoms with Crippen LogP contribution in [0.1, 0.15) is 40.0 Å². The van der Waals surface area contributed by atoms with Gasteiger partial charge in [0.05, 0.1) is 6.61 Å². The van der Waals surface area contributed by atoms with E-state index in [9.17, 15) is 0 Å². The van der Waals surface area contributed by atoms with Crippen LogP contribution < -0.4 is 0 Å². The molecule has 0 aromatic heterocycles. The summed E-state index contributed by atoms with van der Waals surface area (Å²) in [5.41, 5.74) is 0. The molecule has 0 aliphatic carbocycles. The maximum atomic E-state index is 9.00. The number of halogens is 1. The Bertz CT molecular complexity index is 102. The van der Waals surface area contributed by atoms with Crippen LogP contribution in [0.25, 0.3) is 0 Å². The zero-order chi connectivity index (χ0) is 8.91. The van der Waals surface area contributed by atoms with Crippen LogP contribution in [0.3, 0.4) is 0 Å². The van der Waals surface area contributed by atoms with E-state index in [0.29, 0.717) is 6.61 Å². The lowest BCUT2D eigenvalue weighted by atomic mass is 9.94. The van der Waals surface area contributed by atoms with E-state index in [1.165, 1.54) is 12.8 Å². The second-order valence-electron chi connectivity index (χ2n) is 3.67. The van der Waals surface area contributed by atoms with Crippen molar-refractivity contribution in [3.8, 4) is 0 Å². The predicted octanol–water partition coefficient (Wildman–Crippen LogP) is 3.00. The molecule has 0 aromatic rings. The van der Waals surface area contributed by atoms with Gasteiger partial charge in [-0.2, -0.15) is 0 Å². The summed E-state index contributed by atoms with van der Waals surface area (Å²) < 4.78 is 0.0896. The van der Waals surface area contributed by atoms with Crippen LogP contribution in [0.5, 0.6) is 0 Å². The fraction of sp³-hybridized carbons (Fsp3) is 1.00. The lowest BCUT2D eigenvalue weighted by molar-refractivity contribution is 0.242. The van der Waals surface area contributed by atoms with Gasteiger partial charge in [0.2, 0.25) is 0 Å². The highest BCUT2D eigenvalue weighted by Crippen LogP contribution is 2.27. The van der Waals surface area contributed by atoms with Crippen molar-refractivity contribution in [1.82, 2.24) is 0 Å². The summed E-state index contributed by atoms with van der Waals surface area (Å²) in [6, 6.07) is 0. The minimum absolute atomic E-state index is 0.0896. The van der Waals surface area contributed by atoms with Crippen LogP contribution in [0.15, 0.2) is 0 Å². The molecule has 0 amide bonds. The third kappa shape index (κ3) is 5.91. The van der Waals surface area contributed by atoms with Gasteiger partial charge in [-0.25, -0.2) is 0 Å². The normalized spacial score (nSPS) is 19.4. The molecule has 0 saturated carbocycles. The Morgan fingerprint density at radius 2 is 2.09 bits per heavy atom. The molecule has 0 aliphatic heterocycles. The molecule has 2 atom stereocenters. The molecule has 68 valence electrons. The Morgan fingerprint density at radius 1 is 1.55 bits per heavy atom. The van der Waals surface area contributed by atoms with Crippen LogP contribution in [0, 0.1) is 5.92 Å². The van der Waals surface area contributed by atoms with Gasteiger partial charge in [-0.1, -0.05) is 49.3 Å². The number of rotatable bonds is 5. The lowest BCUT2D eigenvalue weighted by Crippen LogP contribution is -2.23. The van der Waals surface area contributed by atoms with Crippen molar-refractivity contribution in [3.63, 3.8) is 0 Å². The van der Waals surface area contributed by atoms with Crippen molar-refractivity contribution >= 4 is 22.6 Å². The van der Waals surface area contributed by atoms with Gasteiger partial charge in [0.15, 0.2) is 0 Å². The molecule has 2 unspecified atom stereocenters. The molecule has 11 heavy (non-hydrogen) atoms. The Balaban J connectivity index is 3.64. The third-order valence-corrected chi connectivity index (χ3v) is 2.67. The summed E-state index contributed by atoms with van der Waals surface area (Å²) >= 11 is 2.34. The Kier molecular flexibility index (Phi) is 5.69. The molecule has 1 nitrogen and oxygen atoms in total. The highest BCUT2D eigenvalue weighted by atomic mass is 127. The van der Waals surface area contributed by atoms with Crippen molar-refractivity contribution in [2.75, 3.05) is 6.61 Å². The number of aliphatic hydroxyl groups is 1. The van der Waals surface area contributed by atoms with E-state index in [1.54, 1.807) is 0 Å². The molecule has 0 aliphatic rings. The Labute approximate surface area is 83.7 Å². The standard InChI is InChI=1S/C9H19IO/c1-4-5-8(2)6-9(3,10)7-11/h8,11H,4-7H2,1-3H3. The molecule has 0 bridgehead atoms. The van der Waals surface area contributed by atoms with Crippen molar-refractivity contribution < 1.29 is 5.11 Å². The maximum absolute atomic E-state index is 9.00. The fourth-order valence-electron chi connectivity index (χ4n) is 1.39. The summed E-state index contributed by atoms with van der Waals surface area (Å²) in [7, 11) is 0. The topological polar surface area (TPSA) is 20.2 Å². The van der Waals surface area contributed by atoms with E-state index in [0.717, 1.165) is 12.3 Å². The summed E-state index contributed by atoms with van der Waals surface area (Å²) in [6.07, 6.45) is 3.65. The molecule has 0 heterocycles. The summed E-state index contributed by atoms with van der Waals surface area (Å²) in [5, 5.41) is 9.00. The molecule has 0 saturated heterocycles. The Hall–Kier alpha value is 0.690. The van der Waals surface area contributed by atoms with Gasteiger partial charge in [0.25, 0.3) is 0 Å². The van der Waals surface area contributed by atoms with Gasteiger partial charge >= 0.3 is 0 Å². The largest absolute Gasteiger partial charge is 0.395 e. The summed E-state index contributed by atoms with van der Waals surface area (Å²) in [4.78, 5) is 0. The summed E-state index contributed by atoms with van der Waals surface area (Å²) in [6.45, 7) is 6.87. The van der Waals surface area contributed by atoms with Gasteiger partial charge in [-0.15, -0.1) is 0 Å². The minimum atomic E-state index is 0.0896. The van der Waals surface area contributed by atoms with Crippen molar-refractivity contribution in [3.05, 3.63) is 0 Å². The van der Waals surface area contributed by atoms with Crippen molar-refractivity contribution in [2.24, 2.45) is 5.92 Å². The van der Waals surface area contributed by atoms with E-state index >= 15 is 0 Å². The Morgan fingerprint density at radius 3 is 2.45 bits per heavy atom. The molecule has 0 radical (unpaired) electrons. The quantitative estimate of drug-likeness (QED) is 0.601. The van der Waals surface area contributed by atoms with Crippen LogP contribution in [-0.2, 0) is 0 Å². The average molecular weight is 270 g/mol. The number of aliphatic hydroxyl groups excluding tert-OH is 1. The van der Waals surface area contributed by atoms with Gasteiger partial charge in [-0.3, -0.25) is 0 Å². The first-order valence-corrected chi connectivity index (χ1v) is 5.39. The second kappa shape index (κ2) is 5.36. The molecule has 0 rings (SSSR count). The van der Waals surface area contributed by atoms with Crippen molar-refractivity contribution in [2.45, 2.75) is 43.5 Å². The zero-order valence-electron chi connectivity index (χ0n) is 7.73. The van der Waals surface area contributed by atoms with Gasteiger partial charge in [0, 0.05) is 3.42 Å². The minimum Gasteiger partial charge on any atom is -0.395 e. The smallest absolute Gasteiger partial charge is 0.0574 e. The van der Waals surface area contributed by atoms with E-state index in [-0.39, 0.29) is 3.42 Å². The third-order valence-electron chi connectivity index (χ3n) is 1.89. The zero-order valence-corrected chi connectivity index (χ0v) is 9.89. The van der Waals surface area contributed by atoms with Crippen LogP contribution >= 0.6 is 22.6 Å². The van der Waals surface area contributed by atoms with Crippen LogP contribution in [0.4, 0.5) is 0 Å².